The molecule has 8 heteroatoms. The molecule has 0 saturated carbocycles. The lowest BCUT2D eigenvalue weighted by Gasteiger charge is -2.13. The summed E-state index contributed by atoms with van der Waals surface area (Å²) in [4.78, 5) is 20.7. The van der Waals surface area contributed by atoms with Gasteiger partial charge in [0.15, 0.2) is 0 Å². The molecule has 2 rings (SSSR count). The molecule has 2 N–H and O–H groups in total. The van der Waals surface area contributed by atoms with Crippen molar-refractivity contribution in [3.8, 4) is 11.5 Å². The largest absolute Gasteiger partial charge is 0.495 e. The Morgan fingerprint density at radius 2 is 1.80 bits per heavy atom. The summed E-state index contributed by atoms with van der Waals surface area (Å²) in [6.45, 7) is 4.93. The predicted octanol–water partition coefficient (Wildman–Crippen LogP) is 3.47. The van der Waals surface area contributed by atoms with E-state index in [1.54, 1.807) is 12.1 Å². The van der Waals surface area contributed by atoms with Crippen LogP contribution in [0.2, 0.25) is 5.02 Å². The molecule has 2 aromatic rings. The van der Waals surface area contributed by atoms with Crippen molar-refractivity contribution in [2.75, 3.05) is 31.4 Å². The van der Waals surface area contributed by atoms with Gasteiger partial charge in [-0.3, -0.25) is 4.79 Å². The average molecular weight is 365 g/mol. The van der Waals surface area contributed by atoms with E-state index in [9.17, 15) is 4.79 Å². The summed E-state index contributed by atoms with van der Waals surface area (Å²) in [6.07, 6.45) is 2.93. The summed E-state index contributed by atoms with van der Waals surface area (Å²) in [5.41, 5.74) is 0.766. The van der Waals surface area contributed by atoms with E-state index in [0.717, 1.165) is 6.54 Å². The van der Waals surface area contributed by atoms with Gasteiger partial charge in [0.25, 0.3) is 5.91 Å². The first kappa shape index (κ1) is 18.8. The Kier molecular flexibility index (Phi) is 6.41. The van der Waals surface area contributed by atoms with E-state index in [1.165, 1.54) is 26.6 Å². The van der Waals surface area contributed by atoms with Gasteiger partial charge in [0.2, 0.25) is 5.95 Å². The Morgan fingerprint density at radius 3 is 2.36 bits per heavy atom. The molecule has 0 aliphatic heterocycles. The molecule has 0 aliphatic rings. The number of anilines is 2. The zero-order valence-corrected chi connectivity index (χ0v) is 15.3. The fraction of sp³-hybridized carbons (Fsp3) is 0.353. The van der Waals surface area contributed by atoms with Crippen LogP contribution in [0.15, 0.2) is 24.5 Å². The molecule has 7 nitrogen and oxygen atoms in total. The number of benzene rings is 1. The van der Waals surface area contributed by atoms with Crippen LogP contribution in [0.3, 0.4) is 0 Å². The molecule has 1 heterocycles. The molecular weight excluding hydrogens is 344 g/mol. The van der Waals surface area contributed by atoms with Crippen molar-refractivity contribution in [2.45, 2.75) is 13.8 Å². The SMILES string of the molecule is COc1cc(NC(=O)c2cnc(NCC(C)C)nc2)c(OC)cc1Cl. The summed E-state index contributed by atoms with van der Waals surface area (Å²) in [7, 11) is 2.99. The molecule has 0 spiro atoms. The number of methoxy groups -OCH3 is 2. The smallest absolute Gasteiger partial charge is 0.258 e. The Balaban J connectivity index is 2.14. The van der Waals surface area contributed by atoms with Crippen LogP contribution < -0.4 is 20.1 Å². The zero-order chi connectivity index (χ0) is 18.4. The van der Waals surface area contributed by atoms with E-state index in [0.29, 0.717) is 39.6 Å². The number of halogens is 1. The van der Waals surface area contributed by atoms with Gasteiger partial charge >= 0.3 is 0 Å². The maximum Gasteiger partial charge on any atom is 0.258 e. The van der Waals surface area contributed by atoms with Gasteiger partial charge in [0.05, 0.1) is 30.5 Å². The van der Waals surface area contributed by atoms with Crippen molar-refractivity contribution in [3.63, 3.8) is 0 Å². The lowest BCUT2D eigenvalue weighted by Crippen LogP contribution is -2.15. The molecular formula is C17H21ClN4O3. The first-order chi connectivity index (χ1) is 11.9. The van der Waals surface area contributed by atoms with Crippen molar-refractivity contribution in [1.82, 2.24) is 9.97 Å². The van der Waals surface area contributed by atoms with E-state index < -0.39 is 0 Å². The monoisotopic (exact) mass is 364 g/mol. The topological polar surface area (TPSA) is 85.4 Å². The van der Waals surface area contributed by atoms with Crippen molar-refractivity contribution in [3.05, 3.63) is 35.1 Å². The third-order valence-electron chi connectivity index (χ3n) is 3.30. The molecule has 0 aliphatic carbocycles. The van der Waals surface area contributed by atoms with Crippen LogP contribution in [0.25, 0.3) is 0 Å². The van der Waals surface area contributed by atoms with Crippen molar-refractivity contribution >= 4 is 29.1 Å². The average Bonchev–Trinajstić information content (AvgIpc) is 2.61. The van der Waals surface area contributed by atoms with E-state index in [2.05, 4.69) is 34.4 Å². The van der Waals surface area contributed by atoms with Gasteiger partial charge in [0, 0.05) is 31.1 Å². The van der Waals surface area contributed by atoms with Crippen LogP contribution in [0, 0.1) is 5.92 Å². The molecule has 1 amide bonds. The van der Waals surface area contributed by atoms with Crippen LogP contribution in [-0.4, -0.2) is 36.6 Å². The minimum absolute atomic E-state index is 0.325. The van der Waals surface area contributed by atoms with Crippen molar-refractivity contribution < 1.29 is 14.3 Å². The molecule has 134 valence electrons. The summed E-state index contributed by atoms with van der Waals surface area (Å²) in [5.74, 6) is 1.45. The molecule has 0 atom stereocenters. The normalized spacial score (nSPS) is 10.5. The summed E-state index contributed by atoms with van der Waals surface area (Å²) >= 11 is 6.06. The predicted molar refractivity (Wildman–Crippen MR) is 97.9 cm³/mol. The first-order valence-electron chi connectivity index (χ1n) is 7.73. The second-order valence-electron chi connectivity index (χ2n) is 5.71. The molecule has 0 unspecified atom stereocenters. The maximum atomic E-state index is 12.4. The first-order valence-corrected chi connectivity index (χ1v) is 8.11. The Bertz CT molecular complexity index is 735. The standard InChI is InChI=1S/C17H21ClN4O3/c1-10(2)7-19-17-20-8-11(9-21-17)16(23)22-13-6-14(24-3)12(18)5-15(13)25-4/h5-6,8-10H,7H2,1-4H3,(H,22,23)(H,19,20,21). The lowest BCUT2D eigenvalue weighted by molar-refractivity contribution is 0.102. The number of nitrogens with zero attached hydrogens (tertiary/aromatic N) is 2. The molecule has 1 aromatic heterocycles. The lowest BCUT2D eigenvalue weighted by atomic mass is 10.2. The number of hydrogen-bond acceptors (Lipinski definition) is 6. The van der Waals surface area contributed by atoms with Crippen LogP contribution in [0.1, 0.15) is 24.2 Å². The van der Waals surface area contributed by atoms with Crippen LogP contribution in [0.4, 0.5) is 11.6 Å². The summed E-state index contributed by atoms with van der Waals surface area (Å²) < 4.78 is 10.4. The molecule has 1 aromatic carbocycles. The third kappa shape index (κ3) is 4.96. The minimum Gasteiger partial charge on any atom is -0.495 e. The van der Waals surface area contributed by atoms with Gasteiger partial charge in [-0.05, 0) is 5.92 Å². The number of carbonyl (C=O) groups excluding carboxylic acids is 1. The Hall–Kier alpha value is -2.54. The van der Waals surface area contributed by atoms with Gasteiger partial charge < -0.3 is 20.1 Å². The van der Waals surface area contributed by atoms with Gasteiger partial charge in [-0.1, -0.05) is 25.4 Å². The highest BCUT2D eigenvalue weighted by molar-refractivity contribution is 6.32. The highest BCUT2D eigenvalue weighted by Crippen LogP contribution is 2.36. The molecule has 0 bridgehead atoms. The third-order valence-corrected chi connectivity index (χ3v) is 3.60. The second-order valence-corrected chi connectivity index (χ2v) is 6.12. The maximum absolute atomic E-state index is 12.4. The summed E-state index contributed by atoms with van der Waals surface area (Å²) in [6, 6.07) is 3.17. The van der Waals surface area contributed by atoms with E-state index in [1.807, 2.05) is 0 Å². The van der Waals surface area contributed by atoms with E-state index in [-0.39, 0.29) is 5.91 Å². The van der Waals surface area contributed by atoms with E-state index >= 15 is 0 Å². The van der Waals surface area contributed by atoms with Gasteiger partial charge in [-0.15, -0.1) is 0 Å². The number of nitrogens with one attached hydrogen (secondary N) is 2. The quantitative estimate of drug-likeness (QED) is 0.782. The van der Waals surface area contributed by atoms with Gasteiger partial charge in [-0.2, -0.15) is 0 Å². The Labute approximate surface area is 151 Å². The number of hydrogen-bond donors (Lipinski definition) is 2. The second kappa shape index (κ2) is 8.53. The highest BCUT2D eigenvalue weighted by atomic mass is 35.5. The fourth-order valence-electron chi connectivity index (χ4n) is 1.98. The van der Waals surface area contributed by atoms with Crippen LogP contribution in [0.5, 0.6) is 11.5 Å². The number of carbonyl (C=O) groups is 1. The van der Waals surface area contributed by atoms with Crippen LogP contribution in [-0.2, 0) is 0 Å². The number of amides is 1. The minimum atomic E-state index is -0.363. The molecule has 0 fully saturated rings. The fourth-order valence-corrected chi connectivity index (χ4v) is 2.22. The molecule has 0 saturated heterocycles. The number of aromatic nitrogens is 2. The summed E-state index contributed by atoms with van der Waals surface area (Å²) in [5, 5.41) is 6.23. The number of ether oxygens (including phenoxy) is 2. The Morgan fingerprint density at radius 1 is 1.16 bits per heavy atom. The molecule has 25 heavy (non-hydrogen) atoms. The van der Waals surface area contributed by atoms with Gasteiger partial charge in [0.1, 0.15) is 11.5 Å². The van der Waals surface area contributed by atoms with E-state index in [4.69, 9.17) is 21.1 Å². The highest BCUT2D eigenvalue weighted by Gasteiger charge is 2.14. The molecule has 0 radical (unpaired) electrons. The number of rotatable bonds is 7. The van der Waals surface area contributed by atoms with Crippen LogP contribution >= 0.6 is 11.6 Å². The van der Waals surface area contributed by atoms with Crippen molar-refractivity contribution in [2.24, 2.45) is 5.92 Å². The zero-order valence-electron chi connectivity index (χ0n) is 14.6. The van der Waals surface area contributed by atoms with Gasteiger partial charge in [-0.25, -0.2) is 9.97 Å². The van der Waals surface area contributed by atoms with Crippen molar-refractivity contribution in [1.29, 1.82) is 0 Å².